The number of aliphatic hydroxyl groups is 1. The van der Waals surface area contributed by atoms with Crippen LogP contribution in [-0.2, 0) is 9.59 Å². The number of rotatable bonds is 9. The molecule has 3 aromatic carbocycles. The minimum absolute atomic E-state index is 0.0442. The number of hydrogen-bond donors (Lipinski definition) is 1. The van der Waals surface area contributed by atoms with E-state index in [0.29, 0.717) is 58.9 Å². The SMILES string of the molecule is CCOc1ccc(N2C(=O)C(=O)/C(=C(\O)c3ccc(Cl)c(OCC)c3)C2c2cccc(OCC)c2)cc1. The van der Waals surface area contributed by atoms with Gasteiger partial charge in [0.1, 0.15) is 23.0 Å². The average Bonchev–Trinajstić information content (AvgIpc) is 3.16. The van der Waals surface area contributed by atoms with Gasteiger partial charge in [-0.25, -0.2) is 0 Å². The van der Waals surface area contributed by atoms with Gasteiger partial charge in [-0.2, -0.15) is 0 Å². The third-order valence-corrected chi connectivity index (χ3v) is 6.17. The van der Waals surface area contributed by atoms with Crippen LogP contribution in [0.25, 0.3) is 5.76 Å². The highest BCUT2D eigenvalue weighted by molar-refractivity contribution is 6.51. The summed E-state index contributed by atoms with van der Waals surface area (Å²) in [6, 6.07) is 17.9. The minimum Gasteiger partial charge on any atom is -0.507 e. The maximum atomic E-state index is 13.4. The van der Waals surface area contributed by atoms with Crippen molar-refractivity contribution in [2.24, 2.45) is 0 Å². The Morgan fingerprint density at radius 3 is 2.22 bits per heavy atom. The summed E-state index contributed by atoms with van der Waals surface area (Å²) in [6.07, 6.45) is 0. The molecule has 1 heterocycles. The molecule has 192 valence electrons. The molecular formula is C29H28ClNO6. The Bertz CT molecular complexity index is 1330. The Balaban J connectivity index is 1.90. The number of nitrogens with zero attached hydrogens (tertiary/aromatic N) is 1. The van der Waals surface area contributed by atoms with Gasteiger partial charge in [-0.3, -0.25) is 14.5 Å². The standard InChI is InChI=1S/C29H28ClNO6/c1-4-35-21-13-11-20(12-14-21)31-26(18-8-7-9-22(16-18)36-5-2)25(28(33)29(31)34)27(32)19-10-15-23(30)24(17-19)37-6-3/h7-17,26,32H,4-6H2,1-3H3/b27-25-. The molecule has 4 rings (SSSR count). The Kier molecular flexibility index (Phi) is 8.04. The van der Waals surface area contributed by atoms with E-state index in [9.17, 15) is 14.7 Å². The van der Waals surface area contributed by atoms with Crippen LogP contribution in [0.3, 0.4) is 0 Å². The molecule has 8 heteroatoms. The second kappa shape index (κ2) is 11.4. The van der Waals surface area contributed by atoms with E-state index in [0.717, 1.165) is 0 Å². The third-order valence-electron chi connectivity index (χ3n) is 5.86. The first-order valence-corrected chi connectivity index (χ1v) is 12.5. The predicted molar refractivity (Wildman–Crippen MR) is 143 cm³/mol. The van der Waals surface area contributed by atoms with Crippen molar-refractivity contribution < 1.29 is 28.9 Å². The van der Waals surface area contributed by atoms with E-state index in [4.69, 9.17) is 25.8 Å². The molecule has 37 heavy (non-hydrogen) atoms. The van der Waals surface area contributed by atoms with Gasteiger partial charge >= 0.3 is 0 Å². The van der Waals surface area contributed by atoms with E-state index < -0.39 is 17.7 Å². The lowest BCUT2D eigenvalue weighted by atomic mass is 9.95. The summed E-state index contributed by atoms with van der Waals surface area (Å²) in [4.78, 5) is 28.2. The van der Waals surface area contributed by atoms with Crippen LogP contribution in [0.4, 0.5) is 5.69 Å². The van der Waals surface area contributed by atoms with Crippen LogP contribution in [-0.4, -0.2) is 36.6 Å². The highest BCUT2D eigenvalue weighted by atomic mass is 35.5. The summed E-state index contributed by atoms with van der Waals surface area (Å²) in [5, 5.41) is 11.8. The predicted octanol–water partition coefficient (Wildman–Crippen LogP) is 6.16. The molecule has 1 N–H and O–H groups in total. The zero-order valence-electron chi connectivity index (χ0n) is 20.9. The molecule has 1 aliphatic rings. The van der Waals surface area contributed by atoms with Crippen LogP contribution in [0, 0.1) is 0 Å². The topological polar surface area (TPSA) is 85.3 Å². The molecule has 7 nitrogen and oxygen atoms in total. The number of hydrogen-bond acceptors (Lipinski definition) is 6. The van der Waals surface area contributed by atoms with Crippen molar-refractivity contribution in [1.82, 2.24) is 0 Å². The Labute approximate surface area is 220 Å². The van der Waals surface area contributed by atoms with Gasteiger partial charge in [-0.15, -0.1) is 0 Å². The number of aliphatic hydroxyl groups excluding tert-OH is 1. The highest BCUT2D eigenvalue weighted by Crippen LogP contribution is 2.43. The molecule has 1 amide bonds. The lowest BCUT2D eigenvalue weighted by Gasteiger charge is -2.26. The molecule has 0 saturated carbocycles. The van der Waals surface area contributed by atoms with Gasteiger partial charge < -0.3 is 19.3 Å². The fourth-order valence-electron chi connectivity index (χ4n) is 4.30. The van der Waals surface area contributed by atoms with Gasteiger partial charge in [0.05, 0.1) is 36.5 Å². The summed E-state index contributed by atoms with van der Waals surface area (Å²) < 4.78 is 16.7. The van der Waals surface area contributed by atoms with E-state index in [-0.39, 0.29) is 11.3 Å². The summed E-state index contributed by atoms with van der Waals surface area (Å²) in [7, 11) is 0. The number of carbonyl (C=O) groups is 2. The smallest absolute Gasteiger partial charge is 0.300 e. The van der Waals surface area contributed by atoms with Gasteiger partial charge in [0, 0.05) is 11.3 Å². The second-order valence-corrected chi connectivity index (χ2v) is 8.59. The Morgan fingerprint density at radius 2 is 1.54 bits per heavy atom. The third kappa shape index (κ3) is 5.27. The van der Waals surface area contributed by atoms with Crippen LogP contribution >= 0.6 is 11.6 Å². The van der Waals surface area contributed by atoms with Gasteiger partial charge in [-0.1, -0.05) is 23.7 Å². The molecule has 0 bridgehead atoms. The molecule has 1 unspecified atom stereocenters. The van der Waals surface area contributed by atoms with Crippen LogP contribution in [0.15, 0.2) is 72.3 Å². The Hall–Kier alpha value is -3.97. The lowest BCUT2D eigenvalue weighted by molar-refractivity contribution is -0.132. The van der Waals surface area contributed by atoms with Crippen LogP contribution in [0.2, 0.25) is 5.02 Å². The van der Waals surface area contributed by atoms with Crippen molar-refractivity contribution >= 4 is 34.7 Å². The normalized spacial score (nSPS) is 16.6. The van der Waals surface area contributed by atoms with Gasteiger partial charge in [0.15, 0.2) is 0 Å². The Morgan fingerprint density at radius 1 is 0.865 bits per heavy atom. The van der Waals surface area contributed by atoms with Gasteiger partial charge in [0.25, 0.3) is 11.7 Å². The largest absolute Gasteiger partial charge is 0.507 e. The quantitative estimate of drug-likeness (QED) is 0.206. The molecule has 0 spiro atoms. The second-order valence-electron chi connectivity index (χ2n) is 8.18. The van der Waals surface area contributed by atoms with Crippen molar-refractivity contribution in [1.29, 1.82) is 0 Å². The molecule has 1 saturated heterocycles. The molecule has 0 aromatic heterocycles. The highest BCUT2D eigenvalue weighted by Gasteiger charge is 2.47. The van der Waals surface area contributed by atoms with E-state index in [2.05, 4.69) is 0 Å². The van der Waals surface area contributed by atoms with E-state index in [1.165, 1.54) is 4.90 Å². The van der Waals surface area contributed by atoms with Gasteiger partial charge in [-0.05, 0) is 80.9 Å². The molecule has 0 aliphatic carbocycles. The summed E-state index contributed by atoms with van der Waals surface area (Å²) in [5.74, 6) is -0.285. The van der Waals surface area contributed by atoms with Crippen molar-refractivity contribution in [2.75, 3.05) is 24.7 Å². The monoisotopic (exact) mass is 521 g/mol. The van der Waals surface area contributed by atoms with Crippen molar-refractivity contribution in [3.05, 3.63) is 88.5 Å². The number of ketones is 1. The fraction of sp³-hybridized carbons (Fsp3) is 0.241. The average molecular weight is 522 g/mol. The lowest BCUT2D eigenvalue weighted by Crippen LogP contribution is -2.29. The first-order valence-electron chi connectivity index (χ1n) is 12.1. The summed E-state index contributed by atoms with van der Waals surface area (Å²) >= 11 is 6.23. The number of halogens is 1. The van der Waals surface area contributed by atoms with Crippen LogP contribution < -0.4 is 19.1 Å². The number of amides is 1. The molecule has 0 radical (unpaired) electrons. The summed E-state index contributed by atoms with van der Waals surface area (Å²) in [5.41, 5.74) is 1.36. The van der Waals surface area contributed by atoms with E-state index in [1.807, 2.05) is 20.8 Å². The maximum absolute atomic E-state index is 13.4. The number of ether oxygens (including phenoxy) is 3. The molecule has 1 aliphatic heterocycles. The number of Topliss-reactive ketones (excluding diaryl/α,β-unsaturated/α-hetero) is 1. The zero-order chi connectivity index (χ0) is 26.5. The number of benzene rings is 3. The molecule has 1 fully saturated rings. The fourth-order valence-corrected chi connectivity index (χ4v) is 4.47. The minimum atomic E-state index is -0.899. The number of carbonyl (C=O) groups excluding carboxylic acids is 2. The molecule has 3 aromatic rings. The number of anilines is 1. The first-order chi connectivity index (χ1) is 17.9. The van der Waals surface area contributed by atoms with Crippen LogP contribution in [0.1, 0.15) is 37.9 Å². The zero-order valence-corrected chi connectivity index (χ0v) is 21.6. The van der Waals surface area contributed by atoms with Crippen LogP contribution in [0.5, 0.6) is 17.2 Å². The van der Waals surface area contributed by atoms with Crippen molar-refractivity contribution in [3.8, 4) is 17.2 Å². The van der Waals surface area contributed by atoms with E-state index >= 15 is 0 Å². The molecular weight excluding hydrogens is 494 g/mol. The van der Waals surface area contributed by atoms with Crippen molar-refractivity contribution in [2.45, 2.75) is 26.8 Å². The van der Waals surface area contributed by atoms with Crippen molar-refractivity contribution in [3.63, 3.8) is 0 Å². The summed E-state index contributed by atoms with van der Waals surface area (Å²) in [6.45, 7) is 6.89. The van der Waals surface area contributed by atoms with Gasteiger partial charge in [0.2, 0.25) is 0 Å². The molecule has 1 atom stereocenters. The first kappa shape index (κ1) is 26.1. The maximum Gasteiger partial charge on any atom is 0.300 e. The van der Waals surface area contributed by atoms with E-state index in [1.54, 1.807) is 66.7 Å².